The van der Waals surface area contributed by atoms with Gasteiger partial charge in [-0.05, 0) is 18.9 Å². The lowest BCUT2D eigenvalue weighted by Crippen LogP contribution is -2.29. The molecule has 2 rings (SSSR count). The van der Waals surface area contributed by atoms with E-state index in [2.05, 4.69) is 29.5 Å². The summed E-state index contributed by atoms with van der Waals surface area (Å²) in [6.45, 7) is 2.83. The highest BCUT2D eigenvalue weighted by Crippen LogP contribution is 2.42. The molecule has 1 aliphatic rings. The second kappa shape index (κ2) is 4.89. The summed E-state index contributed by atoms with van der Waals surface area (Å²) in [5, 5.41) is 11.0. The third kappa shape index (κ3) is 2.95. The van der Waals surface area contributed by atoms with Crippen LogP contribution >= 0.6 is 22.6 Å². The zero-order valence-electron chi connectivity index (χ0n) is 9.56. The minimum Gasteiger partial charge on any atom is -0.373 e. The van der Waals surface area contributed by atoms with Gasteiger partial charge in [0.2, 0.25) is 0 Å². The van der Waals surface area contributed by atoms with E-state index in [9.17, 15) is 10.1 Å². The molecule has 0 radical (unpaired) electrons. The van der Waals surface area contributed by atoms with Crippen molar-refractivity contribution < 1.29 is 9.66 Å². The van der Waals surface area contributed by atoms with Crippen LogP contribution in [0.15, 0.2) is 24.3 Å². The maximum absolute atomic E-state index is 11.0. The Morgan fingerprint density at radius 1 is 1.53 bits per heavy atom. The fourth-order valence-corrected chi connectivity index (χ4v) is 2.71. The van der Waals surface area contributed by atoms with Crippen LogP contribution in [0.2, 0.25) is 0 Å². The van der Waals surface area contributed by atoms with Crippen molar-refractivity contribution in [3.63, 3.8) is 0 Å². The van der Waals surface area contributed by atoms with Gasteiger partial charge < -0.3 is 4.74 Å². The molecule has 0 N–H and O–H groups in total. The third-order valence-corrected chi connectivity index (χ3v) is 4.01. The highest BCUT2D eigenvalue weighted by atomic mass is 127. The number of hydrogen-bond acceptors (Lipinski definition) is 3. The summed E-state index contributed by atoms with van der Waals surface area (Å²) in [6.07, 6.45) is 1.65. The standard InChI is InChI=1S/C12H14INO3/c1-12(13)6-7-17-11(8-12)9-4-2-3-5-10(9)14(15)16/h2-5,11H,6-8H2,1H3. The number of benzene rings is 1. The van der Waals surface area contributed by atoms with Gasteiger partial charge in [-0.25, -0.2) is 0 Å². The predicted molar refractivity (Wildman–Crippen MR) is 73.4 cm³/mol. The third-order valence-electron chi connectivity index (χ3n) is 3.03. The van der Waals surface area contributed by atoms with Crippen LogP contribution in [-0.4, -0.2) is 15.0 Å². The molecular formula is C12H14INO3. The van der Waals surface area contributed by atoms with E-state index in [0.29, 0.717) is 12.2 Å². The van der Waals surface area contributed by atoms with E-state index < -0.39 is 0 Å². The second-order valence-electron chi connectivity index (χ2n) is 4.54. The Morgan fingerprint density at radius 2 is 2.24 bits per heavy atom. The molecule has 1 aromatic carbocycles. The summed E-state index contributed by atoms with van der Waals surface area (Å²) in [6, 6.07) is 6.84. The van der Waals surface area contributed by atoms with Crippen LogP contribution in [0, 0.1) is 10.1 Å². The van der Waals surface area contributed by atoms with E-state index in [1.807, 2.05) is 6.07 Å². The Labute approximate surface area is 114 Å². The van der Waals surface area contributed by atoms with Crippen LogP contribution in [0.1, 0.15) is 31.4 Å². The quantitative estimate of drug-likeness (QED) is 0.355. The smallest absolute Gasteiger partial charge is 0.275 e. The summed E-state index contributed by atoms with van der Waals surface area (Å²) in [5.74, 6) is 0. The molecule has 92 valence electrons. The normalized spacial score (nSPS) is 28.9. The molecule has 0 spiro atoms. The summed E-state index contributed by atoms with van der Waals surface area (Å²) < 4.78 is 5.84. The molecule has 1 fully saturated rings. The van der Waals surface area contributed by atoms with Gasteiger partial charge in [0.15, 0.2) is 0 Å². The minimum absolute atomic E-state index is 0.157. The van der Waals surface area contributed by atoms with Crippen molar-refractivity contribution in [3.8, 4) is 0 Å². The number of alkyl halides is 1. The van der Waals surface area contributed by atoms with Crippen molar-refractivity contribution in [1.82, 2.24) is 0 Å². The molecule has 0 bridgehead atoms. The number of hydrogen-bond donors (Lipinski definition) is 0. The molecule has 5 heteroatoms. The molecule has 1 saturated heterocycles. The first kappa shape index (κ1) is 12.8. The van der Waals surface area contributed by atoms with Crippen molar-refractivity contribution in [1.29, 1.82) is 0 Å². The summed E-state index contributed by atoms with van der Waals surface area (Å²) in [4.78, 5) is 10.6. The summed E-state index contributed by atoms with van der Waals surface area (Å²) >= 11 is 2.41. The largest absolute Gasteiger partial charge is 0.373 e. The summed E-state index contributed by atoms with van der Waals surface area (Å²) in [7, 11) is 0. The van der Waals surface area contributed by atoms with Crippen molar-refractivity contribution >= 4 is 28.3 Å². The van der Waals surface area contributed by atoms with Gasteiger partial charge in [-0.3, -0.25) is 10.1 Å². The highest BCUT2D eigenvalue weighted by molar-refractivity contribution is 14.1. The zero-order valence-corrected chi connectivity index (χ0v) is 11.7. The van der Waals surface area contributed by atoms with Gasteiger partial charge in [-0.1, -0.05) is 41.6 Å². The fourth-order valence-electron chi connectivity index (χ4n) is 2.09. The molecular weight excluding hydrogens is 333 g/mol. The van der Waals surface area contributed by atoms with Crippen molar-refractivity contribution in [2.24, 2.45) is 0 Å². The molecule has 1 aromatic rings. The van der Waals surface area contributed by atoms with Gasteiger partial charge >= 0.3 is 0 Å². The average molecular weight is 347 g/mol. The van der Waals surface area contributed by atoms with Gasteiger partial charge in [-0.15, -0.1) is 0 Å². The Balaban J connectivity index is 2.30. The van der Waals surface area contributed by atoms with E-state index in [0.717, 1.165) is 12.8 Å². The lowest BCUT2D eigenvalue weighted by Gasteiger charge is -2.33. The first-order chi connectivity index (χ1) is 7.99. The first-order valence-electron chi connectivity index (χ1n) is 5.53. The van der Waals surface area contributed by atoms with E-state index in [-0.39, 0.29) is 20.1 Å². The number of rotatable bonds is 2. The van der Waals surface area contributed by atoms with Crippen LogP contribution in [0.25, 0.3) is 0 Å². The lowest BCUT2D eigenvalue weighted by atomic mass is 9.92. The Bertz CT molecular complexity index is 434. The molecule has 1 heterocycles. The van der Waals surface area contributed by atoms with E-state index in [1.54, 1.807) is 12.1 Å². The number of ether oxygens (including phenoxy) is 1. The predicted octanol–water partition coefficient (Wildman–Crippen LogP) is 3.64. The summed E-state index contributed by atoms with van der Waals surface area (Å²) in [5.41, 5.74) is 0.853. The van der Waals surface area contributed by atoms with Crippen molar-refractivity contribution in [3.05, 3.63) is 39.9 Å². The van der Waals surface area contributed by atoms with Gasteiger partial charge in [0, 0.05) is 16.1 Å². The van der Waals surface area contributed by atoms with Crippen LogP contribution in [-0.2, 0) is 4.74 Å². The number of nitro groups is 1. The number of para-hydroxylation sites is 1. The molecule has 0 saturated carbocycles. The molecule has 1 aliphatic heterocycles. The second-order valence-corrected chi connectivity index (χ2v) is 7.15. The molecule has 0 aromatic heterocycles. The lowest BCUT2D eigenvalue weighted by molar-refractivity contribution is -0.386. The number of nitrogens with zero attached hydrogens (tertiary/aromatic N) is 1. The SMILES string of the molecule is CC1(I)CCOC(c2ccccc2[N+](=O)[O-])C1. The fraction of sp³-hybridized carbons (Fsp3) is 0.500. The maximum atomic E-state index is 11.0. The highest BCUT2D eigenvalue weighted by Gasteiger charge is 2.34. The number of halogens is 1. The Morgan fingerprint density at radius 3 is 2.88 bits per heavy atom. The monoisotopic (exact) mass is 347 g/mol. The first-order valence-corrected chi connectivity index (χ1v) is 6.61. The van der Waals surface area contributed by atoms with E-state index in [4.69, 9.17) is 4.74 Å². The van der Waals surface area contributed by atoms with E-state index >= 15 is 0 Å². The Hall–Kier alpha value is -0.690. The average Bonchev–Trinajstić information content (AvgIpc) is 2.27. The molecule has 17 heavy (non-hydrogen) atoms. The molecule has 2 unspecified atom stereocenters. The number of nitro benzene ring substituents is 1. The molecule has 0 amide bonds. The van der Waals surface area contributed by atoms with Gasteiger partial charge in [0.1, 0.15) is 0 Å². The van der Waals surface area contributed by atoms with Gasteiger partial charge in [-0.2, -0.15) is 0 Å². The maximum Gasteiger partial charge on any atom is 0.275 e. The zero-order chi connectivity index (χ0) is 12.5. The topological polar surface area (TPSA) is 52.4 Å². The van der Waals surface area contributed by atoms with Crippen LogP contribution in [0.3, 0.4) is 0 Å². The van der Waals surface area contributed by atoms with Crippen LogP contribution in [0.5, 0.6) is 0 Å². The molecule has 4 nitrogen and oxygen atoms in total. The van der Waals surface area contributed by atoms with Crippen LogP contribution in [0.4, 0.5) is 5.69 Å². The van der Waals surface area contributed by atoms with E-state index in [1.165, 1.54) is 6.07 Å². The van der Waals surface area contributed by atoms with Gasteiger partial charge in [0.25, 0.3) is 5.69 Å². The minimum atomic E-state index is -0.335. The molecule has 2 atom stereocenters. The van der Waals surface area contributed by atoms with Crippen molar-refractivity contribution in [2.45, 2.75) is 29.3 Å². The molecule has 0 aliphatic carbocycles. The van der Waals surface area contributed by atoms with Gasteiger partial charge in [0.05, 0.1) is 16.6 Å². The Kier molecular flexibility index (Phi) is 3.67. The van der Waals surface area contributed by atoms with Crippen LogP contribution < -0.4 is 0 Å². The van der Waals surface area contributed by atoms with Crippen molar-refractivity contribution in [2.75, 3.05) is 6.61 Å².